The van der Waals surface area contributed by atoms with Crippen molar-refractivity contribution in [3.63, 3.8) is 0 Å². The molecule has 2 aliphatic carbocycles. The van der Waals surface area contributed by atoms with Crippen molar-refractivity contribution >= 4 is 17.6 Å². The number of amides is 1. The van der Waals surface area contributed by atoms with Gasteiger partial charge in [-0.3, -0.25) is 9.59 Å². The van der Waals surface area contributed by atoms with Gasteiger partial charge in [0, 0.05) is 30.2 Å². The van der Waals surface area contributed by atoms with E-state index in [1.165, 1.54) is 0 Å². The predicted octanol–water partition coefficient (Wildman–Crippen LogP) is 3.83. The number of guanidine groups is 1. The van der Waals surface area contributed by atoms with Crippen LogP contribution in [0.1, 0.15) is 86.7 Å². The number of benzene rings is 1. The van der Waals surface area contributed by atoms with Gasteiger partial charge in [-0.15, -0.1) is 0 Å². The highest BCUT2D eigenvalue weighted by Gasteiger charge is 2.38. The van der Waals surface area contributed by atoms with Crippen molar-refractivity contribution in [2.45, 2.75) is 88.4 Å². The Morgan fingerprint density at radius 3 is 2.95 bits per heavy atom. The first-order chi connectivity index (χ1) is 18.4. The molecule has 1 aromatic carbocycles. The number of ether oxygens (including phenoxy) is 1. The number of nitrogens with one attached hydrogen (secondary N) is 1. The minimum absolute atomic E-state index is 0.0929. The lowest BCUT2D eigenvalue weighted by atomic mass is 9.87. The van der Waals surface area contributed by atoms with Crippen molar-refractivity contribution in [1.82, 2.24) is 10.2 Å². The van der Waals surface area contributed by atoms with E-state index < -0.39 is 12.1 Å². The molecule has 7 rings (SSSR count). The van der Waals surface area contributed by atoms with Crippen molar-refractivity contribution in [2.24, 2.45) is 10.7 Å². The van der Waals surface area contributed by atoms with E-state index in [1.54, 1.807) is 6.07 Å². The average Bonchev–Trinajstić information content (AvgIpc) is 3.20. The van der Waals surface area contributed by atoms with Crippen LogP contribution >= 0.6 is 0 Å². The highest BCUT2D eigenvalue weighted by atomic mass is 16.5. The second-order valence-electron chi connectivity index (χ2n) is 11.2. The van der Waals surface area contributed by atoms with E-state index >= 15 is 0 Å². The number of allylic oxidation sites excluding steroid dienone is 1. The van der Waals surface area contributed by atoms with E-state index in [2.05, 4.69) is 24.5 Å². The standard InChI is InChI=1S/C30H36N4O4/c1-2-30-10-5-3-4-6-18-14-21-20(16-24(18)35)17-25(36)27(21)32-28(37)19-7-8-26-22(15-19)23(9-13-38-26)34(12-11-30)29(31)33-30/h7-8,11-12,14-15,23,25,27,36H,2-6,9-10,13,16-17H2,1H3,(H2,31,33)(H,32,37)/t23-,25-,27-,30-/m1/s1. The molecule has 6 aliphatic rings. The number of hydrogen-bond acceptors (Lipinski definition) is 7. The molecule has 1 aromatic rings. The van der Waals surface area contributed by atoms with Crippen molar-refractivity contribution in [3.8, 4) is 5.75 Å². The zero-order valence-corrected chi connectivity index (χ0v) is 21.9. The number of ketones is 1. The number of nitrogens with zero attached hydrogens (tertiary/aromatic N) is 2. The molecule has 0 fully saturated rings. The van der Waals surface area contributed by atoms with Gasteiger partial charge in [-0.2, -0.15) is 0 Å². The first kappa shape index (κ1) is 24.9. The van der Waals surface area contributed by atoms with Crippen LogP contribution in [0.2, 0.25) is 0 Å². The maximum absolute atomic E-state index is 13.5. The summed E-state index contributed by atoms with van der Waals surface area (Å²) in [5.41, 5.74) is 10.3. The molecule has 0 unspecified atom stereocenters. The maximum Gasteiger partial charge on any atom is 0.251 e. The number of aliphatic hydroxyl groups is 1. The SMILES string of the molecule is CC[C@@]12C=CN(C(N)=N1)[C@@H]1CCOc3ccc(cc31)C(=O)N[C@@H]1C3=C(CC(=O)C(=C3)CCCCC2)C[C@H]1O. The van der Waals surface area contributed by atoms with Crippen molar-refractivity contribution < 1.29 is 19.4 Å². The van der Waals surface area contributed by atoms with Gasteiger partial charge in [0.25, 0.3) is 5.91 Å². The summed E-state index contributed by atoms with van der Waals surface area (Å²) in [5, 5.41) is 13.9. The molecule has 4 aliphatic heterocycles. The summed E-state index contributed by atoms with van der Waals surface area (Å²) < 4.78 is 5.93. The average molecular weight is 517 g/mol. The van der Waals surface area contributed by atoms with Crippen LogP contribution in [0.15, 0.2) is 58.3 Å². The second-order valence-corrected chi connectivity index (χ2v) is 11.2. The molecule has 38 heavy (non-hydrogen) atoms. The zero-order valence-electron chi connectivity index (χ0n) is 21.9. The Labute approximate surface area is 223 Å². The Kier molecular flexibility index (Phi) is 6.38. The predicted molar refractivity (Wildman–Crippen MR) is 145 cm³/mol. The quantitative estimate of drug-likeness (QED) is 0.522. The summed E-state index contributed by atoms with van der Waals surface area (Å²) in [6.45, 7) is 2.70. The number of Topliss-reactive ketones (excluding diaryl/α,β-unsaturated/α-hetero) is 1. The molecule has 6 bridgehead atoms. The lowest BCUT2D eigenvalue weighted by Gasteiger charge is -2.39. The number of fused-ring (bicyclic) bond motifs is 5. The lowest BCUT2D eigenvalue weighted by Crippen LogP contribution is -2.44. The topological polar surface area (TPSA) is 117 Å². The Bertz CT molecular complexity index is 1290. The number of nitrogens with two attached hydrogens (primary N) is 1. The number of carbonyl (C=O) groups is 2. The van der Waals surface area contributed by atoms with Crippen LogP contribution < -0.4 is 15.8 Å². The van der Waals surface area contributed by atoms with Gasteiger partial charge in [0.15, 0.2) is 11.7 Å². The molecule has 0 spiro atoms. The highest BCUT2D eigenvalue weighted by molar-refractivity contribution is 6.00. The van der Waals surface area contributed by atoms with E-state index in [1.807, 2.05) is 23.1 Å². The molecule has 1 amide bonds. The molecule has 0 aromatic heterocycles. The summed E-state index contributed by atoms with van der Waals surface area (Å²) in [6, 6.07) is 4.84. The maximum atomic E-state index is 13.5. The zero-order chi connectivity index (χ0) is 26.4. The van der Waals surface area contributed by atoms with Crippen LogP contribution in [0.5, 0.6) is 5.75 Å². The van der Waals surface area contributed by atoms with Gasteiger partial charge in [-0.05, 0) is 67.5 Å². The van der Waals surface area contributed by atoms with Gasteiger partial charge >= 0.3 is 0 Å². The first-order valence-electron chi connectivity index (χ1n) is 13.9. The van der Waals surface area contributed by atoms with Gasteiger partial charge in [0.05, 0.1) is 30.3 Å². The third kappa shape index (κ3) is 4.34. The lowest BCUT2D eigenvalue weighted by molar-refractivity contribution is -0.115. The molecule has 8 nitrogen and oxygen atoms in total. The fourth-order valence-corrected chi connectivity index (χ4v) is 6.59. The monoisotopic (exact) mass is 516 g/mol. The fourth-order valence-electron chi connectivity index (χ4n) is 6.59. The van der Waals surface area contributed by atoms with E-state index in [9.17, 15) is 14.7 Å². The highest BCUT2D eigenvalue weighted by Crippen LogP contribution is 2.40. The minimum Gasteiger partial charge on any atom is -0.493 e. The smallest absolute Gasteiger partial charge is 0.251 e. The second kappa shape index (κ2) is 9.73. The molecule has 0 saturated heterocycles. The van der Waals surface area contributed by atoms with E-state index in [-0.39, 0.29) is 23.3 Å². The summed E-state index contributed by atoms with van der Waals surface area (Å²) >= 11 is 0. The van der Waals surface area contributed by atoms with Crippen molar-refractivity contribution in [1.29, 1.82) is 0 Å². The normalized spacial score (nSPS) is 31.1. The van der Waals surface area contributed by atoms with Crippen LogP contribution in [-0.4, -0.2) is 51.9 Å². The van der Waals surface area contributed by atoms with E-state index in [4.69, 9.17) is 15.5 Å². The largest absolute Gasteiger partial charge is 0.493 e. The van der Waals surface area contributed by atoms with Gasteiger partial charge in [-0.1, -0.05) is 31.4 Å². The third-order valence-corrected chi connectivity index (χ3v) is 8.86. The van der Waals surface area contributed by atoms with Crippen LogP contribution in [-0.2, 0) is 4.79 Å². The van der Waals surface area contributed by atoms with Crippen LogP contribution in [0.3, 0.4) is 0 Å². The van der Waals surface area contributed by atoms with E-state index in [0.29, 0.717) is 37.4 Å². The Morgan fingerprint density at radius 2 is 2.13 bits per heavy atom. The first-order valence-corrected chi connectivity index (χ1v) is 13.9. The number of aliphatic hydroxyl groups excluding tert-OH is 1. The van der Waals surface area contributed by atoms with Crippen molar-refractivity contribution in [2.75, 3.05) is 6.61 Å². The summed E-state index contributed by atoms with van der Waals surface area (Å²) in [4.78, 5) is 33.3. The summed E-state index contributed by atoms with van der Waals surface area (Å²) in [5.74, 6) is 1.09. The number of aliphatic imine (C=N–C) groups is 1. The molecular weight excluding hydrogens is 480 g/mol. The Hall–Kier alpha value is -3.39. The number of rotatable bonds is 1. The van der Waals surface area contributed by atoms with Gasteiger partial charge in [-0.25, -0.2) is 4.99 Å². The summed E-state index contributed by atoms with van der Waals surface area (Å²) in [6.07, 6.45) is 12.2. The van der Waals surface area contributed by atoms with Crippen molar-refractivity contribution in [3.05, 3.63) is 64.4 Å². The number of hydrogen-bond donors (Lipinski definition) is 3. The minimum atomic E-state index is -0.747. The van der Waals surface area contributed by atoms with Crippen LogP contribution in [0, 0.1) is 0 Å². The molecule has 200 valence electrons. The molecule has 0 saturated carbocycles. The Morgan fingerprint density at radius 1 is 1.26 bits per heavy atom. The molecule has 4 heterocycles. The summed E-state index contributed by atoms with van der Waals surface area (Å²) in [7, 11) is 0. The molecule has 8 heteroatoms. The Balaban J connectivity index is 1.38. The molecule has 4 N–H and O–H groups in total. The number of carbonyl (C=O) groups excluding carboxylic acids is 2. The molecular formula is C30H36N4O4. The van der Waals surface area contributed by atoms with Crippen LogP contribution in [0.4, 0.5) is 0 Å². The fraction of sp³-hybridized carbons (Fsp3) is 0.500. The molecule has 0 radical (unpaired) electrons. The van der Waals surface area contributed by atoms with Crippen LogP contribution in [0.25, 0.3) is 0 Å². The van der Waals surface area contributed by atoms with E-state index in [0.717, 1.165) is 66.6 Å². The van der Waals surface area contributed by atoms with Gasteiger partial charge in [0.1, 0.15) is 5.75 Å². The molecule has 4 atom stereocenters. The third-order valence-electron chi connectivity index (χ3n) is 8.86. The van der Waals surface area contributed by atoms with Gasteiger partial charge in [0.2, 0.25) is 0 Å². The van der Waals surface area contributed by atoms with Gasteiger partial charge < -0.3 is 25.8 Å².